The molecule has 0 saturated carbocycles. The van der Waals surface area contributed by atoms with Crippen LogP contribution in [0, 0.1) is 0 Å². The molecule has 28 heavy (non-hydrogen) atoms. The van der Waals surface area contributed by atoms with Gasteiger partial charge in [0.15, 0.2) is 11.7 Å². The molecule has 4 N–H and O–H groups in total. The number of carbonyl (C=O) groups is 1. The van der Waals surface area contributed by atoms with Crippen LogP contribution in [0.2, 0.25) is 0 Å². The fourth-order valence-corrected chi connectivity index (χ4v) is 2.56. The highest BCUT2D eigenvalue weighted by atomic mass is 127. The van der Waals surface area contributed by atoms with Crippen molar-refractivity contribution in [2.45, 2.75) is 13.0 Å². The summed E-state index contributed by atoms with van der Waals surface area (Å²) in [4.78, 5) is 16.4. The van der Waals surface area contributed by atoms with Crippen molar-refractivity contribution in [2.24, 2.45) is 10.7 Å². The number of aliphatic imine (C=N–C) groups is 1. The minimum Gasteiger partial charge on any atom is -0.459 e. The summed E-state index contributed by atoms with van der Waals surface area (Å²) in [5.41, 5.74) is 8.80. The SMILES string of the molecule is I.NC(=NCc1cccc(NC(=O)c2ccco2)c1)NCCc1ccccc1. The quantitative estimate of drug-likeness (QED) is 0.267. The van der Waals surface area contributed by atoms with Crippen LogP contribution in [-0.4, -0.2) is 18.4 Å². The minimum absolute atomic E-state index is 0. The van der Waals surface area contributed by atoms with Gasteiger partial charge in [-0.1, -0.05) is 42.5 Å². The summed E-state index contributed by atoms with van der Waals surface area (Å²) in [5, 5.41) is 5.91. The van der Waals surface area contributed by atoms with Crippen molar-refractivity contribution in [3.05, 3.63) is 89.9 Å². The second-order valence-electron chi connectivity index (χ2n) is 6.00. The Morgan fingerprint density at radius 2 is 1.79 bits per heavy atom. The monoisotopic (exact) mass is 490 g/mol. The van der Waals surface area contributed by atoms with Crippen LogP contribution < -0.4 is 16.4 Å². The number of guanidine groups is 1. The molecule has 0 aliphatic carbocycles. The van der Waals surface area contributed by atoms with Gasteiger partial charge in [0.2, 0.25) is 0 Å². The summed E-state index contributed by atoms with van der Waals surface area (Å²) in [6, 6.07) is 21.0. The molecule has 0 radical (unpaired) electrons. The minimum atomic E-state index is -0.289. The summed E-state index contributed by atoms with van der Waals surface area (Å²) in [6.07, 6.45) is 2.35. The van der Waals surface area contributed by atoms with Crippen LogP contribution >= 0.6 is 24.0 Å². The Balaban J connectivity index is 0.00000280. The number of carbonyl (C=O) groups excluding carboxylic acids is 1. The van der Waals surface area contributed by atoms with Crippen molar-refractivity contribution < 1.29 is 9.21 Å². The van der Waals surface area contributed by atoms with Gasteiger partial charge in [0.1, 0.15) is 0 Å². The maximum absolute atomic E-state index is 12.0. The highest BCUT2D eigenvalue weighted by Crippen LogP contribution is 2.13. The van der Waals surface area contributed by atoms with Gasteiger partial charge in [-0.25, -0.2) is 4.99 Å². The lowest BCUT2D eigenvalue weighted by atomic mass is 10.1. The van der Waals surface area contributed by atoms with E-state index in [-0.39, 0.29) is 35.6 Å². The first kappa shape index (κ1) is 21.5. The van der Waals surface area contributed by atoms with Crippen LogP contribution in [0.1, 0.15) is 21.7 Å². The lowest BCUT2D eigenvalue weighted by Crippen LogP contribution is -2.33. The molecule has 0 fully saturated rings. The number of anilines is 1. The number of nitrogens with one attached hydrogen (secondary N) is 2. The van der Waals surface area contributed by atoms with Crippen LogP contribution in [0.4, 0.5) is 5.69 Å². The summed E-state index contributed by atoms with van der Waals surface area (Å²) < 4.78 is 5.09. The highest BCUT2D eigenvalue weighted by molar-refractivity contribution is 14.0. The van der Waals surface area contributed by atoms with Gasteiger partial charge >= 0.3 is 0 Å². The van der Waals surface area contributed by atoms with Gasteiger partial charge in [0.25, 0.3) is 5.91 Å². The average molecular weight is 490 g/mol. The van der Waals surface area contributed by atoms with E-state index in [1.807, 2.05) is 42.5 Å². The van der Waals surface area contributed by atoms with Gasteiger partial charge in [0, 0.05) is 12.2 Å². The molecule has 0 saturated heterocycles. The van der Waals surface area contributed by atoms with E-state index in [1.165, 1.54) is 11.8 Å². The van der Waals surface area contributed by atoms with Crippen molar-refractivity contribution >= 4 is 41.5 Å². The van der Waals surface area contributed by atoms with Crippen LogP contribution in [0.25, 0.3) is 0 Å². The van der Waals surface area contributed by atoms with Crippen molar-refractivity contribution in [1.82, 2.24) is 5.32 Å². The van der Waals surface area contributed by atoms with E-state index in [1.54, 1.807) is 12.1 Å². The summed E-state index contributed by atoms with van der Waals surface area (Å²) in [6.45, 7) is 1.15. The Hall–Kier alpha value is -2.81. The van der Waals surface area contributed by atoms with Crippen LogP contribution in [0.5, 0.6) is 0 Å². The van der Waals surface area contributed by atoms with Crippen LogP contribution in [0.15, 0.2) is 82.4 Å². The van der Waals surface area contributed by atoms with Gasteiger partial charge in [-0.15, -0.1) is 24.0 Å². The molecule has 146 valence electrons. The lowest BCUT2D eigenvalue weighted by molar-refractivity contribution is 0.0996. The maximum Gasteiger partial charge on any atom is 0.291 e. The zero-order valence-electron chi connectivity index (χ0n) is 15.3. The molecule has 3 rings (SSSR count). The molecule has 0 unspecified atom stereocenters. The molecular formula is C21H23IN4O2. The Bertz CT molecular complexity index is 896. The molecule has 0 aliphatic rings. The first-order valence-electron chi connectivity index (χ1n) is 8.72. The van der Waals surface area contributed by atoms with E-state index in [2.05, 4.69) is 27.8 Å². The third-order valence-corrected chi connectivity index (χ3v) is 3.92. The molecule has 0 bridgehead atoms. The number of hydrogen-bond acceptors (Lipinski definition) is 3. The molecule has 1 amide bonds. The maximum atomic E-state index is 12.0. The Kier molecular flexibility index (Phi) is 8.54. The number of amides is 1. The predicted octanol–water partition coefficient (Wildman–Crippen LogP) is 3.80. The molecule has 7 heteroatoms. The summed E-state index contributed by atoms with van der Waals surface area (Å²) in [5.74, 6) is 0.379. The Morgan fingerprint density at radius 3 is 2.54 bits per heavy atom. The third-order valence-electron chi connectivity index (χ3n) is 3.92. The fraction of sp³-hybridized carbons (Fsp3) is 0.143. The van der Waals surface area contributed by atoms with E-state index in [0.717, 1.165) is 18.5 Å². The van der Waals surface area contributed by atoms with Crippen molar-refractivity contribution in [3.63, 3.8) is 0 Å². The second kappa shape index (κ2) is 11.1. The molecule has 1 heterocycles. The Labute approximate surface area is 181 Å². The van der Waals surface area contributed by atoms with E-state index >= 15 is 0 Å². The number of nitrogens with two attached hydrogens (primary N) is 1. The van der Waals surface area contributed by atoms with E-state index < -0.39 is 0 Å². The van der Waals surface area contributed by atoms with E-state index in [9.17, 15) is 4.79 Å². The van der Waals surface area contributed by atoms with Crippen molar-refractivity contribution in [3.8, 4) is 0 Å². The first-order chi connectivity index (χ1) is 13.2. The molecule has 1 aromatic heterocycles. The smallest absolute Gasteiger partial charge is 0.291 e. The van der Waals surface area contributed by atoms with E-state index in [4.69, 9.17) is 10.2 Å². The molecule has 0 aliphatic heterocycles. The van der Waals surface area contributed by atoms with Crippen LogP contribution in [-0.2, 0) is 13.0 Å². The number of rotatable bonds is 7. The molecule has 0 atom stereocenters. The number of nitrogens with zero attached hydrogens (tertiary/aromatic N) is 1. The zero-order chi connectivity index (χ0) is 18.9. The van der Waals surface area contributed by atoms with Gasteiger partial charge in [0.05, 0.1) is 12.8 Å². The second-order valence-corrected chi connectivity index (χ2v) is 6.00. The van der Waals surface area contributed by atoms with Crippen molar-refractivity contribution in [2.75, 3.05) is 11.9 Å². The predicted molar refractivity (Wildman–Crippen MR) is 122 cm³/mol. The zero-order valence-corrected chi connectivity index (χ0v) is 17.6. The van der Waals surface area contributed by atoms with E-state index in [0.29, 0.717) is 18.2 Å². The lowest BCUT2D eigenvalue weighted by Gasteiger charge is -2.07. The molecular weight excluding hydrogens is 467 g/mol. The van der Waals surface area contributed by atoms with Gasteiger partial charge < -0.3 is 20.8 Å². The summed E-state index contributed by atoms with van der Waals surface area (Å²) >= 11 is 0. The number of halogens is 1. The first-order valence-corrected chi connectivity index (χ1v) is 8.72. The molecule has 2 aromatic carbocycles. The van der Waals surface area contributed by atoms with Crippen LogP contribution in [0.3, 0.4) is 0 Å². The number of furan rings is 1. The highest BCUT2D eigenvalue weighted by Gasteiger charge is 2.08. The fourth-order valence-electron chi connectivity index (χ4n) is 2.56. The topological polar surface area (TPSA) is 92.6 Å². The molecule has 6 nitrogen and oxygen atoms in total. The van der Waals surface area contributed by atoms with Crippen molar-refractivity contribution in [1.29, 1.82) is 0 Å². The molecule has 0 spiro atoms. The standard InChI is InChI=1S/C21H22N4O2.HI/c22-21(23-12-11-16-6-2-1-3-7-16)24-15-17-8-4-9-18(14-17)25-20(26)19-10-5-13-27-19;/h1-10,13-14H,11-12,15H2,(H,25,26)(H3,22,23,24);1H. The summed E-state index contributed by atoms with van der Waals surface area (Å²) in [7, 11) is 0. The van der Waals surface area contributed by atoms with Gasteiger partial charge in [-0.05, 0) is 41.8 Å². The van der Waals surface area contributed by atoms with Gasteiger partial charge in [-0.2, -0.15) is 0 Å². The third kappa shape index (κ3) is 6.73. The number of benzene rings is 2. The average Bonchev–Trinajstić information content (AvgIpc) is 3.23. The number of hydrogen-bond donors (Lipinski definition) is 3. The molecule has 3 aromatic rings. The van der Waals surface area contributed by atoms with Gasteiger partial charge in [-0.3, -0.25) is 4.79 Å². The largest absolute Gasteiger partial charge is 0.459 e. The normalized spacial score (nSPS) is 10.8. The Morgan fingerprint density at radius 1 is 1.00 bits per heavy atom.